The fourth-order valence-corrected chi connectivity index (χ4v) is 1.83. The van der Waals surface area contributed by atoms with Gasteiger partial charge in [0.2, 0.25) is 0 Å². The van der Waals surface area contributed by atoms with E-state index < -0.39 is 0 Å². The summed E-state index contributed by atoms with van der Waals surface area (Å²) in [7, 11) is 0. The standard InChI is InChI=1S/C14H17NO2/c1-2-3-6-9-17-13-10-14(16)15-12-8-5-4-7-11(12)13/h4-5,7-8,10H,2-3,6,9H2,1H3,(H,15,16). The van der Waals surface area contributed by atoms with Gasteiger partial charge in [-0.1, -0.05) is 31.9 Å². The lowest BCUT2D eigenvalue weighted by Crippen LogP contribution is -2.07. The van der Waals surface area contributed by atoms with Crippen LogP contribution in [-0.2, 0) is 0 Å². The van der Waals surface area contributed by atoms with Crippen molar-refractivity contribution in [2.24, 2.45) is 0 Å². The highest BCUT2D eigenvalue weighted by Crippen LogP contribution is 2.21. The summed E-state index contributed by atoms with van der Waals surface area (Å²) in [5, 5.41) is 0.962. The van der Waals surface area contributed by atoms with E-state index in [9.17, 15) is 4.79 Å². The van der Waals surface area contributed by atoms with Crippen molar-refractivity contribution in [2.45, 2.75) is 26.2 Å². The van der Waals surface area contributed by atoms with Crippen molar-refractivity contribution >= 4 is 10.9 Å². The fourth-order valence-electron chi connectivity index (χ4n) is 1.83. The van der Waals surface area contributed by atoms with E-state index in [0.717, 1.165) is 23.7 Å². The summed E-state index contributed by atoms with van der Waals surface area (Å²) in [6.45, 7) is 2.82. The van der Waals surface area contributed by atoms with Crippen LogP contribution in [0.3, 0.4) is 0 Å². The number of ether oxygens (including phenoxy) is 1. The molecule has 17 heavy (non-hydrogen) atoms. The molecule has 1 aromatic carbocycles. The number of nitrogens with one attached hydrogen (secondary N) is 1. The van der Waals surface area contributed by atoms with Gasteiger partial charge in [-0.15, -0.1) is 0 Å². The summed E-state index contributed by atoms with van der Waals surface area (Å²) in [6, 6.07) is 9.21. The summed E-state index contributed by atoms with van der Waals surface area (Å²) in [5.41, 5.74) is 0.708. The van der Waals surface area contributed by atoms with Crippen LogP contribution in [-0.4, -0.2) is 11.6 Å². The van der Waals surface area contributed by atoms with Gasteiger partial charge in [0.05, 0.1) is 12.1 Å². The first-order valence-corrected chi connectivity index (χ1v) is 6.06. The van der Waals surface area contributed by atoms with Gasteiger partial charge in [0.15, 0.2) is 0 Å². The molecule has 0 saturated carbocycles. The van der Waals surface area contributed by atoms with Crippen LogP contribution in [0.15, 0.2) is 35.1 Å². The average Bonchev–Trinajstić information content (AvgIpc) is 2.34. The topological polar surface area (TPSA) is 42.1 Å². The number of para-hydroxylation sites is 1. The van der Waals surface area contributed by atoms with Crippen molar-refractivity contribution in [1.29, 1.82) is 0 Å². The molecular formula is C14H17NO2. The molecule has 0 fully saturated rings. The van der Waals surface area contributed by atoms with Crippen LogP contribution >= 0.6 is 0 Å². The quantitative estimate of drug-likeness (QED) is 0.803. The molecule has 2 aromatic rings. The Bertz CT molecular complexity index is 545. The first-order valence-electron chi connectivity index (χ1n) is 6.06. The van der Waals surface area contributed by atoms with Gasteiger partial charge in [0, 0.05) is 11.5 Å². The van der Waals surface area contributed by atoms with Crippen LogP contribution < -0.4 is 10.3 Å². The zero-order valence-corrected chi connectivity index (χ0v) is 10.0. The zero-order valence-electron chi connectivity index (χ0n) is 10.0. The molecule has 1 heterocycles. The molecule has 0 aliphatic carbocycles. The Morgan fingerprint density at radius 2 is 2.06 bits per heavy atom. The minimum absolute atomic E-state index is 0.116. The molecule has 0 spiro atoms. The highest BCUT2D eigenvalue weighted by molar-refractivity contribution is 5.84. The third kappa shape index (κ3) is 2.87. The number of hydrogen-bond donors (Lipinski definition) is 1. The molecule has 0 aliphatic heterocycles. The van der Waals surface area contributed by atoms with Gasteiger partial charge in [-0.3, -0.25) is 4.79 Å². The number of benzene rings is 1. The average molecular weight is 231 g/mol. The van der Waals surface area contributed by atoms with Crippen molar-refractivity contribution in [3.05, 3.63) is 40.7 Å². The van der Waals surface area contributed by atoms with E-state index in [1.165, 1.54) is 12.5 Å². The minimum atomic E-state index is -0.116. The van der Waals surface area contributed by atoms with E-state index in [1.807, 2.05) is 24.3 Å². The van der Waals surface area contributed by atoms with Crippen molar-refractivity contribution in [2.75, 3.05) is 6.61 Å². The first kappa shape index (κ1) is 11.7. The molecule has 3 heteroatoms. The molecule has 0 bridgehead atoms. The Morgan fingerprint density at radius 3 is 2.88 bits per heavy atom. The molecule has 0 radical (unpaired) electrons. The molecule has 0 amide bonds. The van der Waals surface area contributed by atoms with Crippen LogP contribution in [0.1, 0.15) is 26.2 Å². The molecule has 1 aromatic heterocycles. The molecule has 0 atom stereocenters. The van der Waals surface area contributed by atoms with Gasteiger partial charge >= 0.3 is 0 Å². The lowest BCUT2D eigenvalue weighted by molar-refractivity contribution is 0.309. The number of aromatic nitrogens is 1. The number of fused-ring (bicyclic) bond motifs is 1. The third-order valence-electron chi connectivity index (χ3n) is 2.72. The molecule has 0 saturated heterocycles. The van der Waals surface area contributed by atoms with E-state index in [-0.39, 0.29) is 5.56 Å². The van der Waals surface area contributed by atoms with E-state index in [2.05, 4.69) is 11.9 Å². The Kier molecular flexibility index (Phi) is 3.81. The van der Waals surface area contributed by atoms with Crippen LogP contribution in [0.25, 0.3) is 10.9 Å². The molecule has 90 valence electrons. The lowest BCUT2D eigenvalue weighted by Gasteiger charge is -2.08. The van der Waals surface area contributed by atoms with Gasteiger partial charge in [0.25, 0.3) is 5.56 Å². The van der Waals surface area contributed by atoms with Crippen molar-refractivity contribution < 1.29 is 4.74 Å². The lowest BCUT2D eigenvalue weighted by atomic mass is 10.2. The maximum atomic E-state index is 11.5. The molecule has 1 N–H and O–H groups in total. The normalized spacial score (nSPS) is 10.6. The molecular weight excluding hydrogens is 214 g/mol. The van der Waals surface area contributed by atoms with Crippen LogP contribution in [0.4, 0.5) is 0 Å². The largest absolute Gasteiger partial charge is 0.493 e. The Hall–Kier alpha value is -1.77. The van der Waals surface area contributed by atoms with Crippen LogP contribution in [0.5, 0.6) is 5.75 Å². The van der Waals surface area contributed by atoms with Gasteiger partial charge in [0.1, 0.15) is 5.75 Å². The van der Waals surface area contributed by atoms with E-state index >= 15 is 0 Å². The number of H-pyrrole nitrogens is 1. The Labute approximate surface area is 100 Å². The van der Waals surface area contributed by atoms with Gasteiger partial charge in [-0.25, -0.2) is 0 Å². The van der Waals surface area contributed by atoms with Gasteiger partial charge < -0.3 is 9.72 Å². The Balaban J connectivity index is 2.23. The maximum Gasteiger partial charge on any atom is 0.252 e. The third-order valence-corrected chi connectivity index (χ3v) is 2.72. The van der Waals surface area contributed by atoms with Gasteiger partial charge in [-0.2, -0.15) is 0 Å². The second kappa shape index (κ2) is 5.53. The summed E-state index contributed by atoms with van der Waals surface area (Å²) >= 11 is 0. The number of pyridine rings is 1. The first-order chi connectivity index (χ1) is 8.31. The van der Waals surface area contributed by atoms with E-state index in [0.29, 0.717) is 12.4 Å². The van der Waals surface area contributed by atoms with E-state index in [1.54, 1.807) is 0 Å². The zero-order chi connectivity index (χ0) is 12.1. The summed E-state index contributed by atoms with van der Waals surface area (Å²) in [6.07, 6.45) is 3.35. The molecule has 2 rings (SSSR count). The van der Waals surface area contributed by atoms with Crippen molar-refractivity contribution in [3.8, 4) is 5.75 Å². The highest BCUT2D eigenvalue weighted by atomic mass is 16.5. The number of unbranched alkanes of at least 4 members (excludes halogenated alkanes) is 2. The van der Waals surface area contributed by atoms with Crippen LogP contribution in [0.2, 0.25) is 0 Å². The molecule has 0 aliphatic rings. The predicted molar refractivity (Wildman–Crippen MR) is 69.6 cm³/mol. The molecule has 3 nitrogen and oxygen atoms in total. The predicted octanol–water partition coefficient (Wildman–Crippen LogP) is 3.10. The second-order valence-electron chi connectivity index (χ2n) is 4.10. The maximum absolute atomic E-state index is 11.5. The highest BCUT2D eigenvalue weighted by Gasteiger charge is 2.03. The van der Waals surface area contributed by atoms with Crippen molar-refractivity contribution in [1.82, 2.24) is 4.98 Å². The Morgan fingerprint density at radius 1 is 1.24 bits per heavy atom. The number of hydrogen-bond acceptors (Lipinski definition) is 2. The number of rotatable bonds is 5. The van der Waals surface area contributed by atoms with Gasteiger partial charge in [-0.05, 0) is 18.6 Å². The summed E-state index contributed by atoms with van der Waals surface area (Å²) in [5.74, 6) is 0.681. The minimum Gasteiger partial charge on any atom is -0.493 e. The summed E-state index contributed by atoms with van der Waals surface area (Å²) < 4.78 is 5.68. The molecule has 0 unspecified atom stereocenters. The number of aromatic amines is 1. The SMILES string of the molecule is CCCCCOc1cc(=O)[nH]c2ccccc12. The monoisotopic (exact) mass is 231 g/mol. The smallest absolute Gasteiger partial charge is 0.252 e. The van der Waals surface area contributed by atoms with Crippen LogP contribution in [0, 0.1) is 0 Å². The van der Waals surface area contributed by atoms with E-state index in [4.69, 9.17) is 4.74 Å². The second-order valence-corrected chi connectivity index (χ2v) is 4.10. The summed E-state index contributed by atoms with van der Waals surface area (Å²) in [4.78, 5) is 14.3. The fraction of sp³-hybridized carbons (Fsp3) is 0.357. The van der Waals surface area contributed by atoms with Crippen molar-refractivity contribution in [3.63, 3.8) is 0 Å².